The third kappa shape index (κ3) is 3.43. The Morgan fingerprint density at radius 3 is 2.88 bits per heavy atom. The first kappa shape index (κ1) is 12.4. The van der Waals surface area contributed by atoms with Gasteiger partial charge in [-0.15, -0.1) is 0 Å². The molecule has 0 aromatic heterocycles. The van der Waals surface area contributed by atoms with Gasteiger partial charge in [0.2, 0.25) is 0 Å². The molecular weight excluding hydrogens is 217 g/mol. The monoisotopic (exact) mass is 237 g/mol. The first-order valence-corrected chi connectivity index (χ1v) is 6.36. The molecule has 1 aliphatic carbocycles. The smallest absolute Gasteiger partial charge is 0.165 e. The van der Waals surface area contributed by atoms with Gasteiger partial charge in [-0.25, -0.2) is 4.39 Å². The van der Waals surface area contributed by atoms with Gasteiger partial charge in [-0.1, -0.05) is 19.1 Å². The fraction of sp³-hybridized carbons (Fsp3) is 0.571. The van der Waals surface area contributed by atoms with Gasteiger partial charge < -0.3 is 10.5 Å². The van der Waals surface area contributed by atoms with Gasteiger partial charge in [0.1, 0.15) is 0 Å². The van der Waals surface area contributed by atoms with E-state index in [0.717, 1.165) is 12.0 Å². The zero-order valence-corrected chi connectivity index (χ0v) is 10.3. The molecule has 1 saturated carbocycles. The van der Waals surface area contributed by atoms with E-state index in [4.69, 9.17) is 10.5 Å². The number of ether oxygens (including phenoxy) is 1. The Balaban J connectivity index is 2.08. The van der Waals surface area contributed by atoms with Gasteiger partial charge in [0.15, 0.2) is 11.6 Å². The van der Waals surface area contributed by atoms with Gasteiger partial charge in [0.25, 0.3) is 0 Å². The molecule has 2 N–H and O–H groups in total. The summed E-state index contributed by atoms with van der Waals surface area (Å²) in [7, 11) is 0. The fourth-order valence-corrected chi connectivity index (χ4v) is 1.79. The molecule has 2 rings (SSSR count). The Hall–Kier alpha value is -1.09. The second-order valence-electron chi connectivity index (χ2n) is 4.85. The van der Waals surface area contributed by atoms with E-state index in [9.17, 15) is 4.39 Å². The van der Waals surface area contributed by atoms with E-state index in [2.05, 4.69) is 0 Å². The summed E-state index contributed by atoms with van der Waals surface area (Å²) in [5.74, 6) is 0.761. The maximum Gasteiger partial charge on any atom is 0.165 e. The molecule has 1 aliphatic rings. The van der Waals surface area contributed by atoms with Crippen LogP contribution in [0.2, 0.25) is 0 Å². The third-order valence-electron chi connectivity index (χ3n) is 3.22. The lowest BCUT2D eigenvalue weighted by atomic mass is 10.0. The summed E-state index contributed by atoms with van der Waals surface area (Å²) in [5.41, 5.74) is 6.80. The quantitative estimate of drug-likeness (QED) is 0.825. The number of para-hydroxylation sites is 1. The van der Waals surface area contributed by atoms with Crippen LogP contribution in [-0.4, -0.2) is 12.6 Å². The van der Waals surface area contributed by atoms with Gasteiger partial charge in [-0.3, -0.25) is 0 Å². The minimum absolute atomic E-state index is 0.0695. The summed E-state index contributed by atoms with van der Waals surface area (Å²) in [6, 6.07) is 5.14. The van der Waals surface area contributed by atoms with Crippen molar-refractivity contribution in [3.8, 4) is 5.75 Å². The number of hydrogen-bond donors (Lipinski definition) is 1. The fourth-order valence-electron chi connectivity index (χ4n) is 1.79. The number of halogens is 1. The molecule has 3 heteroatoms. The van der Waals surface area contributed by atoms with Crippen LogP contribution >= 0.6 is 0 Å². The second kappa shape index (κ2) is 5.50. The van der Waals surface area contributed by atoms with Crippen molar-refractivity contribution in [1.29, 1.82) is 0 Å². The van der Waals surface area contributed by atoms with Crippen molar-refractivity contribution in [2.75, 3.05) is 6.61 Å². The van der Waals surface area contributed by atoms with E-state index in [1.807, 2.05) is 13.0 Å². The summed E-state index contributed by atoms with van der Waals surface area (Å²) < 4.78 is 19.3. The third-order valence-corrected chi connectivity index (χ3v) is 3.22. The lowest BCUT2D eigenvalue weighted by Crippen LogP contribution is -2.22. The van der Waals surface area contributed by atoms with E-state index < -0.39 is 0 Å². The van der Waals surface area contributed by atoms with Crippen LogP contribution < -0.4 is 10.5 Å². The minimum atomic E-state index is -0.272. The summed E-state index contributed by atoms with van der Waals surface area (Å²) in [6.07, 6.45) is 3.98. The molecule has 0 aliphatic heterocycles. The highest BCUT2D eigenvalue weighted by atomic mass is 19.1. The van der Waals surface area contributed by atoms with Crippen molar-refractivity contribution in [2.24, 2.45) is 11.7 Å². The number of rotatable bonds is 6. The minimum Gasteiger partial charge on any atom is -0.490 e. The predicted molar refractivity (Wildman–Crippen MR) is 66.6 cm³/mol. The molecule has 0 radical (unpaired) electrons. The number of benzene rings is 1. The molecule has 1 aromatic carbocycles. The van der Waals surface area contributed by atoms with Crippen LogP contribution in [0.25, 0.3) is 0 Å². The van der Waals surface area contributed by atoms with Crippen LogP contribution in [0, 0.1) is 11.7 Å². The maximum absolute atomic E-state index is 13.7. The van der Waals surface area contributed by atoms with E-state index in [0.29, 0.717) is 24.7 Å². The molecule has 0 bridgehead atoms. The molecule has 1 fully saturated rings. The standard InChI is InChI=1S/C14H20FNO/c1-2-12(16)8-11-4-3-5-13(15)14(11)17-9-10-6-7-10/h3-5,10,12H,2,6-9,16H2,1H3. The molecule has 1 unspecified atom stereocenters. The molecule has 0 heterocycles. The Kier molecular flexibility index (Phi) is 4.00. The normalized spacial score (nSPS) is 16.9. The first-order chi connectivity index (χ1) is 8.20. The topological polar surface area (TPSA) is 35.2 Å². The summed E-state index contributed by atoms with van der Waals surface area (Å²) in [4.78, 5) is 0. The highest BCUT2D eigenvalue weighted by Crippen LogP contribution is 2.31. The summed E-state index contributed by atoms with van der Waals surface area (Å²) in [6.45, 7) is 2.67. The van der Waals surface area contributed by atoms with Crippen LogP contribution in [0.3, 0.4) is 0 Å². The van der Waals surface area contributed by atoms with E-state index in [1.54, 1.807) is 6.07 Å². The van der Waals surface area contributed by atoms with Crippen molar-refractivity contribution in [2.45, 2.75) is 38.6 Å². The van der Waals surface area contributed by atoms with Crippen molar-refractivity contribution in [1.82, 2.24) is 0 Å². The number of hydrogen-bond acceptors (Lipinski definition) is 2. The maximum atomic E-state index is 13.7. The molecule has 17 heavy (non-hydrogen) atoms. The van der Waals surface area contributed by atoms with Crippen molar-refractivity contribution >= 4 is 0 Å². The van der Waals surface area contributed by atoms with Gasteiger partial charge in [0, 0.05) is 6.04 Å². The average Bonchev–Trinajstić information content (AvgIpc) is 3.12. The molecule has 94 valence electrons. The molecule has 1 aromatic rings. The van der Waals surface area contributed by atoms with Crippen molar-refractivity contribution < 1.29 is 9.13 Å². The lowest BCUT2D eigenvalue weighted by Gasteiger charge is -2.14. The Morgan fingerprint density at radius 2 is 2.24 bits per heavy atom. The molecule has 2 nitrogen and oxygen atoms in total. The van der Waals surface area contributed by atoms with Crippen LogP contribution in [0.5, 0.6) is 5.75 Å². The Morgan fingerprint density at radius 1 is 1.47 bits per heavy atom. The van der Waals surface area contributed by atoms with Crippen LogP contribution in [-0.2, 0) is 6.42 Å². The van der Waals surface area contributed by atoms with Crippen molar-refractivity contribution in [3.05, 3.63) is 29.6 Å². The van der Waals surface area contributed by atoms with Crippen LogP contribution in [0.15, 0.2) is 18.2 Å². The molecule has 1 atom stereocenters. The molecule has 0 amide bonds. The molecule has 0 saturated heterocycles. The average molecular weight is 237 g/mol. The second-order valence-corrected chi connectivity index (χ2v) is 4.85. The molecular formula is C14H20FNO. The Labute approximate surface area is 102 Å². The number of nitrogens with two attached hydrogens (primary N) is 1. The largest absolute Gasteiger partial charge is 0.490 e. The molecule has 0 spiro atoms. The lowest BCUT2D eigenvalue weighted by molar-refractivity contribution is 0.281. The van der Waals surface area contributed by atoms with Gasteiger partial charge in [-0.2, -0.15) is 0 Å². The van der Waals surface area contributed by atoms with E-state index in [-0.39, 0.29) is 11.9 Å². The van der Waals surface area contributed by atoms with Crippen molar-refractivity contribution in [3.63, 3.8) is 0 Å². The van der Waals surface area contributed by atoms with Gasteiger partial charge in [0.05, 0.1) is 6.61 Å². The highest BCUT2D eigenvalue weighted by molar-refractivity contribution is 5.35. The zero-order valence-electron chi connectivity index (χ0n) is 10.3. The Bertz CT molecular complexity index is 376. The van der Waals surface area contributed by atoms with E-state index in [1.165, 1.54) is 18.9 Å². The highest BCUT2D eigenvalue weighted by Gasteiger charge is 2.23. The van der Waals surface area contributed by atoms with Gasteiger partial charge >= 0.3 is 0 Å². The summed E-state index contributed by atoms with van der Waals surface area (Å²) in [5, 5.41) is 0. The van der Waals surface area contributed by atoms with Crippen LogP contribution in [0.1, 0.15) is 31.7 Å². The zero-order chi connectivity index (χ0) is 12.3. The predicted octanol–water partition coefficient (Wildman–Crippen LogP) is 2.89. The first-order valence-electron chi connectivity index (χ1n) is 6.36. The van der Waals surface area contributed by atoms with Gasteiger partial charge in [-0.05, 0) is 43.2 Å². The van der Waals surface area contributed by atoms with E-state index >= 15 is 0 Å². The summed E-state index contributed by atoms with van der Waals surface area (Å²) >= 11 is 0. The van der Waals surface area contributed by atoms with Crippen LogP contribution in [0.4, 0.5) is 4.39 Å². The SMILES string of the molecule is CCC(N)Cc1cccc(F)c1OCC1CC1.